The fraction of sp³-hybridized carbons (Fsp3) is 1.00. The van der Waals surface area contributed by atoms with Gasteiger partial charge in [-0.15, -0.1) is 0 Å². The molecule has 2 aliphatic rings. The van der Waals surface area contributed by atoms with Crippen LogP contribution in [0.4, 0.5) is 0 Å². The average molecular weight is 422 g/mol. The molecule has 2 unspecified atom stereocenters. The smallest absolute Gasteiger partial charge is 0.0112 e. The average Bonchev–Trinajstić information content (AvgIpc) is 3.49. The van der Waals surface area contributed by atoms with Crippen molar-refractivity contribution in [2.45, 2.75) is 105 Å². The SMILES string of the molecule is CCCC1(CN2CCC(CC)(CC(C)CN(C)CCN(CC)C(C)CC)CC2)CC1. The molecule has 1 aliphatic carbocycles. The van der Waals surface area contributed by atoms with Crippen molar-refractivity contribution in [1.82, 2.24) is 14.7 Å². The van der Waals surface area contributed by atoms with E-state index in [2.05, 4.69) is 63.3 Å². The van der Waals surface area contributed by atoms with Gasteiger partial charge in [-0.05, 0) is 95.3 Å². The van der Waals surface area contributed by atoms with Crippen molar-refractivity contribution in [3.05, 3.63) is 0 Å². The summed E-state index contributed by atoms with van der Waals surface area (Å²) in [6, 6.07) is 0.710. The third-order valence-corrected chi connectivity index (χ3v) is 8.76. The van der Waals surface area contributed by atoms with Gasteiger partial charge in [0.15, 0.2) is 0 Å². The van der Waals surface area contributed by atoms with E-state index in [0.717, 1.165) is 11.3 Å². The van der Waals surface area contributed by atoms with E-state index in [1.165, 1.54) is 104 Å². The summed E-state index contributed by atoms with van der Waals surface area (Å²) in [7, 11) is 2.34. The summed E-state index contributed by atoms with van der Waals surface area (Å²) >= 11 is 0. The molecule has 1 heterocycles. The molecule has 1 saturated carbocycles. The highest BCUT2D eigenvalue weighted by molar-refractivity contribution is 4.97. The Morgan fingerprint density at radius 3 is 2.07 bits per heavy atom. The molecular weight excluding hydrogens is 366 g/mol. The number of nitrogens with zero attached hydrogens (tertiary/aromatic N) is 3. The van der Waals surface area contributed by atoms with Crippen LogP contribution in [-0.2, 0) is 0 Å². The maximum absolute atomic E-state index is 2.82. The van der Waals surface area contributed by atoms with Crippen LogP contribution in [0.15, 0.2) is 0 Å². The highest BCUT2D eigenvalue weighted by Crippen LogP contribution is 2.51. The third-order valence-electron chi connectivity index (χ3n) is 8.76. The first-order chi connectivity index (χ1) is 14.3. The molecule has 1 saturated heterocycles. The lowest BCUT2D eigenvalue weighted by Crippen LogP contribution is -2.44. The Balaban J connectivity index is 1.74. The van der Waals surface area contributed by atoms with Crippen molar-refractivity contribution in [2.24, 2.45) is 16.7 Å². The van der Waals surface area contributed by atoms with Crippen LogP contribution in [0.1, 0.15) is 99.3 Å². The Hall–Kier alpha value is -0.120. The van der Waals surface area contributed by atoms with E-state index in [1.807, 2.05) is 0 Å². The molecule has 0 radical (unpaired) electrons. The largest absolute Gasteiger partial charge is 0.305 e. The first-order valence-corrected chi connectivity index (χ1v) is 13.5. The standard InChI is InChI=1S/C27H55N3/c1-8-12-27(13-14-27)23-29-17-15-26(10-3,16-18-29)21-24(5)22-28(7)19-20-30(11-4)25(6)9-2/h24-25H,8-23H2,1-7H3. The van der Waals surface area contributed by atoms with Gasteiger partial charge in [-0.2, -0.15) is 0 Å². The summed E-state index contributed by atoms with van der Waals surface area (Å²) in [5, 5.41) is 0. The molecular formula is C27H55N3. The number of piperidine rings is 1. The highest BCUT2D eigenvalue weighted by atomic mass is 15.2. The predicted octanol–water partition coefficient (Wildman–Crippen LogP) is 6.14. The molecule has 2 atom stereocenters. The first kappa shape index (κ1) is 26.1. The zero-order valence-corrected chi connectivity index (χ0v) is 21.8. The van der Waals surface area contributed by atoms with E-state index >= 15 is 0 Å². The van der Waals surface area contributed by atoms with Gasteiger partial charge < -0.3 is 9.80 Å². The summed E-state index contributed by atoms with van der Waals surface area (Å²) in [5.41, 5.74) is 1.32. The van der Waals surface area contributed by atoms with Gasteiger partial charge in [-0.25, -0.2) is 0 Å². The first-order valence-electron chi connectivity index (χ1n) is 13.5. The van der Waals surface area contributed by atoms with Gasteiger partial charge in [0, 0.05) is 32.2 Å². The molecule has 0 amide bonds. The lowest BCUT2D eigenvalue weighted by molar-refractivity contribution is 0.0588. The quantitative estimate of drug-likeness (QED) is 0.314. The molecule has 3 nitrogen and oxygen atoms in total. The fourth-order valence-electron chi connectivity index (χ4n) is 6.23. The Morgan fingerprint density at radius 1 is 0.900 bits per heavy atom. The number of hydrogen-bond donors (Lipinski definition) is 0. The Labute approximate surface area is 189 Å². The predicted molar refractivity (Wildman–Crippen MR) is 133 cm³/mol. The van der Waals surface area contributed by atoms with E-state index in [-0.39, 0.29) is 0 Å². The van der Waals surface area contributed by atoms with Gasteiger partial charge in [0.1, 0.15) is 0 Å². The number of hydrogen-bond acceptors (Lipinski definition) is 3. The third kappa shape index (κ3) is 7.78. The monoisotopic (exact) mass is 421 g/mol. The summed E-state index contributed by atoms with van der Waals surface area (Å²) in [6.07, 6.45) is 12.7. The van der Waals surface area contributed by atoms with Crippen LogP contribution >= 0.6 is 0 Å². The molecule has 0 aromatic carbocycles. The summed E-state index contributed by atoms with van der Waals surface area (Å²) in [6.45, 7) is 23.2. The van der Waals surface area contributed by atoms with Crippen LogP contribution in [-0.4, -0.2) is 73.6 Å². The van der Waals surface area contributed by atoms with Crippen LogP contribution in [0.5, 0.6) is 0 Å². The molecule has 0 N–H and O–H groups in total. The molecule has 2 rings (SSSR count). The van der Waals surface area contributed by atoms with Crippen LogP contribution in [0.2, 0.25) is 0 Å². The van der Waals surface area contributed by atoms with Crippen molar-refractivity contribution in [2.75, 3.05) is 52.9 Å². The lowest BCUT2D eigenvalue weighted by Gasteiger charge is -2.44. The lowest BCUT2D eigenvalue weighted by atomic mass is 9.70. The van der Waals surface area contributed by atoms with E-state index in [1.54, 1.807) is 0 Å². The second-order valence-electron chi connectivity index (χ2n) is 11.3. The van der Waals surface area contributed by atoms with Crippen molar-refractivity contribution in [1.29, 1.82) is 0 Å². The van der Waals surface area contributed by atoms with Crippen molar-refractivity contribution >= 4 is 0 Å². The molecule has 2 fully saturated rings. The minimum absolute atomic E-state index is 0.602. The second kappa shape index (κ2) is 12.2. The molecule has 0 spiro atoms. The van der Waals surface area contributed by atoms with Gasteiger partial charge in [0.2, 0.25) is 0 Å². The van der Waals surface area contributed by atoms with E-state index in [9.17, 15) is 0 Å². The maximum atomic E-state index is 2.82. The fourth-order valence-corrected chi connectivity index (χ4v) is 6.23. The molecule has 178 valence electrons. The highest BCUT2D eigenvalue weighted by Gasteiger charge is 2.44. The molecule has 1 aliphatic heterocycles. The van der Waals surface area contributed by atoms with Crippen LogP contribution < -0.4 is 0 Å². The van der Waals surface area contributed by atoms with Gasteiger partial charge in [-0.3, -0.25) is 4.90 Å². The molecule has 3 heteroatoms. The molecule has 30 heavy (non-hydrogen) atoms. The Bertz CT molecular complexity index is 465. The number of rotatable bonds is 15. The van der Waals surface area contributed by atoms with Crippen molar-refractivity contribution < 1.29 is 0 Å². The van der Waals surface area contributed by atoms with E-state index in [4.69, 9.17) is 0 Å². The molecule has 0 aromatic rings. The van der Waals surface area contributed by atoms with Gasteiger partial charge >= 0.3 is 0 Å². The summed E-state index contributed by atoms with van der Waals surface area (Å²) in [5.74, 6) is 0.801. The minimum atomic E-state index is 0.602. The second-order valence-corrected chi connectivity index (χ2v) is 11.3. The van der Waals surface area contributed by atoms with Gasteiger partial charge in [-0.1, -0.05) is 47.5 Å². The Kier molecular flexibility index (Phi) is 10.6. The van der Waals surface area contributed by atoms with Crippen molar-refractivity contribution in [3.8, 4) is 0 Å². The van der Waals surface area contributed by atoms with Gasteiger partial charge in [0.25, 0.3) is 0 Å². The number of likely N-dealkylation sites (tertiary alicyclic amines) is 1. The zero-order chi connectivity index (χ0) is 22.2. The van der Waals surface area contributed by atoms with E-state index < -0.39 is 0 Å². The Morgan fingerprint density at radius 2 is 1.57 bits per heavy atom. The van der Waals surface area contributed by atoms with Crippen LogP contribution in [0.25, 0.3) is 0 Å². The maximum Gasteiger partial charge on any atom is 0.0112 e. The van der Waals surface area contributed by atoms with E-state index in [0.29, 0.717) is 11.5 Å². The summed E-state index contributed by atoms with van der Waals surface area (Å²) < 4.78 is 0. The van der Waals surface area contributed by atoms with Gasteiger partial charge in [0.05, 0.1) is 0 Å². The zero-order valence-electron chi connectivity index (χ0n) is 21.8. The van der Waals surface area contributed by atoms with Crippen LogP contribution in [0.3, 0.4) is 0 Å². The molecule has 0 aromatic heterocycles. The number of likely N-dealkylation sites (N-methyl/N-ethyl adjacent to an activating group) is 2. The topological polar surface area (TPSA) is 9.72 Å². The summed E-state index contributed by atoms with van der Waals surface area (Å²) in [4.78, 5) is 8.05. The van der Waals surface area contributed by atoms with Crippen molar-refractivity contribution in [3.63, 3.8) is 0 Å². The minimum Gasteiger partial charge on any atom is -0.305 e. The van der Waals surface area contributed by atoms with Crippen LogP contribution in [0, 0.1) is 16.7 Å². The molecule has 0 bridgehead atoms. The normalized spacial score (nSPS) is 23.1.